The largest absolute Gasteiger partial charge is 0.483 e. The summed E-state index contributed by atoms with van der Waals surface area (Å²) in [6.07, 6.45) is 0.794. The van der Waals surface area contributed by atoms with E-state index in [0.29, 0.717) is 27.9 Å². The summed E-state index contributed by atoms with van der Waals surface area (Å²) in [5.41, 5.74) is 0.580. The minimum absolute atomic E-state index is 0.0836. The van der Waals surface area contributed by atoms with Gasteiger partial charge in [-0.25, -0.2) is 0 Å². The van der Waals surface area contributed by atoms with Gasteiger partial charge in [0.2, 0.25) is 5.91 Å². The number of fused-ring (bicyclic) bond motifs is 1. The number of ether oxygens (including phenoxy) is 1. The molecule has 0 radical (unpaired) electrons. The molecule has 5 nitrogen and oxygen atoms in total. The fourth-order valence-corrected chi connectivity index (χ4v) is 4.50. The minimum Gasteiger partial charge on any atom is -0.483 e. The zero-order chi connectivity index (χ0) is 24.0. The van der Waals surface area contributed by atoms with Crippen molar-refractivity contribution in [1.29, 1.82) is 0 Å². The average Bonchev–Trinajstić information content (AvgIpc) is 2.81. The molecular weight excluding hydrogens is 527 g/mol. The molecule has 3 rings (SSSR count). The Balaban J connectivity index is 1.82. The van der Waals surface area contributed by atoms with Gasteiger partial charge in [0.1, 0.15) is 11.8 Å². The van der Waals surface area contributed by atoms with Crippen molar-refractivity contribution in [2.45, 2.75) is 32.9 Å². The molecule has 0 fully saturated rings. The van der Waals surface area contributed by atoms with Crippen LogP contribution in [-0.2, 0) is 16.1 Å². The van der Waals surface area contributed by atoms with Crippen LogP contribution < -0.4 is 10.1 Å². The van der Waals surface area contributed by atoms with E-state index >= 15 is 0 Å². The molecule has 0 heterocycles. The molecule has 0 unspecified atom stereocenters. The van der Waals surface area contributed by atoms with E-state index in [1.807, 2.05) is 43.3 Å². The van der Waals surface area contributed by atoms with Crippen LogP contribution in [0.25, 0.3) is 10.8 Å². The Hall–Kier alpha value is -2.28. The summed E-state index contributed by atoms with van der Waals surface area (Å²) < 4.78 is 6.63. The van der Waals surface area contributed by atoms with Gasteiger partial charge in [-0.1, -0.05) is 66.5 Å². The van der Waals surface area contributed by atoms with E-state index < -0.39 is 6.04 Å². The topological polar surface area (TPSA) is 58.6 Å². The van der Waals surface area contributed by atoms with Crippen molar-refractivity contribution < 1.29 is 14.3 Å². The van der Waals surface area contributed by atoms with Crippen LogP contribution in [0.15, 0.2) is 59.1 Å². The fraction of sp³-hybridized carbons (Fsp3) is 0.280. The molecule has 1 N–H and O–H groups in total. The SMILES string of the molecule is CCCNC(=O)[C@H](C)N(Cc1c(Cl)cccc1Cl)C(=O)COc1ccc2ccccc2c1Br. The monoisotopic (exact) mass is 550 g/mol. The molecular formula is C25H25BrCl2N2O3. The molecule has 0 spiro atoms. The van der Waals surface area contributed by atoms with Gasteiger partial charge in [0.25, 0.3) is 5.91 Å². The third-order valence-corrected chi connectivity index (χ3v) is 6.81. The summed E-state index contributed by atoms with van der Waals surface area (Å²) in [4.78, 5) is 27.4. The molecule has 0 aliphatic carbocycles. The van der Waals surface area contributed by atoms with Crippen LogP contribution in [0.4, 0.5) is 0 Å². The first-order valence-electron chi connectivity index (χ1n) is 10.6. The highest BCUT2D eigenvalue weighted by Crippen LogP contribution is 2.33. The lowest BCUT2D eigenvalue weighted by atomic mass is 10.1. The minimum atomic E-state index is -0.736. The maximum Gasteiger partial charge on any atom is 0.261 e. The first kappa shape index (κ1) is 25.3. The zero-order valence-electron chi connectivity index (χ0n) is 18.4. The summed E-state index contributed by atoms with van der Waals surface area (Å²) in [5.74, 6) is -0.0636. The normalized spacial score (nSPS) is 11.8. The summed E-state index contributed by atoms with van der Waals surface area (Å²) >= 11 is 16.2. The number of nitrogens with zero attached hydrogens (tertiary/aromatic N) is 1. The van der Waals surface area contributed by atoms with Gasteiger partial charge in [-0.3, -0.25) is 9.59 Å². The van der Waals surface area contributed by atoms with Gasteiger partial charge in [0, 0.05) is 28.7 Å². The van der Waals surface area contributed by atoms with E-state index in [2.05, 4.69) is 21.2 Å². The highest BCUT2D eigenvalue weighted by molar-refractivity contribution is 9.10. The van der Waals surface area contributed by atoms with E-state index in [1.54, 1.807) is 25.1 Å². The molecule has 0 aliphatic heterocycles. The van der Waals surface area contributed by atoms with Gasteiger partial charge in [-0.2, -0.15) is 0 Å². The number of carbonyl (C=O) groups is 2. The van der Waals surface area contributed by atoms with Crippen molar-refractivity contribution in [2.75, 3.05) is 13.2 Å². The molecule has 8 heteroatoms. The smallest absolute Gasteiger partial charge is 0.261 e. The Morgan fingerprint density at radius 3 is 2.45 bits per heavy atom. The summed E-state index contributed by atoms with van der Waals surface area (Å²) in [7, 11) is 0. The van der Waals surface area contributed by atoms with Crippen LogP contribution in [0.1, 0.15) is 25.8 Å². The molecule has 174 valence electrons. The lowest BCUT2D eigenvalue weighted by Gasteiger charge is -2.29. The van der Waals surface area contributed by atoms with Crippen molar-refractivity contribution in [3.05, 3.63) is 74.7 Å². The van der Waals surface area contributed by atoms with E-state index in [4.69, 9.17) is 27.9 Å². The maximum absolute atomic E-state index is 13.3. The fourth-order valence-electron chi connectivity index (χ4n) is 3.38. The number of rotatable bonds is 9. The van der Waals surface area contributed by atoms with Crippen molar-refractivity contribution in [3.63, 3.8) is 0 Å². The van der Waals surface area contributed by atoms with Gasteiger partial charge >= 0.3 is 0 Å². The Kier molecular flexibility index (Phi) is 9.01. The van der Waals surface area contributed by atoms with Crippen LogP contribution in [-0.4, -0.2) is 35.9 Å². The number of hydrogen-bond donors (Lipinski definition) is 1. The van der Waals surface area contributed by atoms with Crippen molar-refractivity contribution >= 4 is 61.7 Å². The Morgan fingerprint density at radius 1 is 1.06 bits per heavy atom. The second-order valence-corrected chi connectivity index (χ2v) is 9.18. The van der Waals surface area contributed by atoms with Gasteiger partial charge in [-0.15, -0.1) is 0 Å². The van der Waals surface area contributed by atoms with Crippen LogP contribution in [0.5, 0.6) is 5.75 Å². The first-order chi connectivity index (χ1) is 15.8. The zero-order valence-corrected chi connectivity index (χ0v) is 21.5. The van der Waals surface area contributed by atoms with Crippen molar-refractivity contribution in [1.82, 2.24) is 10.2 Å². The maximum atomic E-state index is 13.3. The van der Waals surface area contributed by atoms with Crippen LogP contribution in [0.2, 0.25) is 10.0 Å². The average molecular weight is 552 g/mol. The number of nitrogens with one attached hydrogen (secondary N) is 1. The van der Waals surface area contributed by atoms with E-state index in [-0.39, 0.29) is 25.0 Å². The lowest BCUT2D eigenvalue weighted by Crippen LogP contribution is -2.49. The number of amides is 2. The van der Waals surface area contributed by atoms with E-state index in [9.17, 15) is 9.59 Å². The number of halogens is 3. The number of hydrogen-bond acceptors (Lipinski definition) is 3. The molecule has 3 aromatic carbocycles. The number of benzene rings is 3. The summed E-state index contributed by atoms with van der Waals surface area (Å²) in [6.45, 7) is 4.01. The Labute approximate surface area is 212 Å². The summed E-state index contributed by atoms with van der Waals surface area (Å²) in [5, 5.41) is 5.73. The summed E-state index contributed by atoms with van der Waals surface area (Å²) in [6, 6.07) is 16.0. The van der Waals surface area contributed by atoms with Gasteiger partial charge < -0.3 is 15.0 Å². The quantitative estimate of drug-likeness (QED) is 0.343. The molecule has 0 aliphatic rings. The van der Waals surface area contributed by atoms with Gasteiger partial charge in [0.15, 0.2) is 6.61 Å². The van der Waals surface area contributed by atoms with Gasteiger partial charge in [-0.05, 0) is 58.2 Å². The molecule has 3 aromatic rings. The number of carbonyl (C=O) groups excluding carboxylic acids is 2. The van der Waals surface area contributed by atoms with Crippen LogP contribution in [0, 0.1) is 0 Å². The first-order valence-corrected chi connectivity index (χ1v) is 12.2. The molecule has 1 atom stereocenters. The van der Waals surface area contributed by atoms with Crippen molar-refractivity contribution in [2.24, 2.45) is 0 Å². The van der Waals surface area contributed by atoms with E-state index in [1.165, 1.54) is 4.90 Å². The third kappa shape index (κ3) is 6.19. The predicted octanol–water partition coefficient (Wildman–Crippen LogP) is 6.23. The van der Waals surface area contributed by atoms with Crippen molar-refractivity contribution in [3.8, 4) is 5.75 Å². The lowest BCUT2D eigenvalue weighted by molar-refractivity contribution is -0.142. The van der Waals surface area contributed by atoms with E-state index in [0.717, 1.165) is 21.7 Å². The molecule has 2 amide bonds. The Morgan fingerprint density at radius 2 is 1.76 bits per heavy atom. The van der Waals surface area contributed by atoms with Crippen LogP contribution in [0.3, 0.4) is 0 Å². The highest BCUT2D eigenvalue weighted by atomic mass is 79.9. The highest BCUT2D eigenvalue weighted by Gasteiger charge is 2.28. The molecule has 0 bridgehead atoms. The second kappa shape index (κ2) is 11.7. The molecule has 0 saturated heterocycles. The Bertz CT molecular complexity index is 1140. The molecule has 0 aromatic heterocycles. The van der Waals surface area contributed by atoms with Gasteiger partial charge in [0.05, 0.1) is 4.47 Å². The third-order valence-electron chi connectivity index (χ3n) is 5.29. The predicted molar refractivity (Wildman–Crippen MR) is 137 cm³/mol. The molecule has 0 saturated carbocycles. The standard InChI is InChI=1S/C25H25BrCl2N2O3/c1-3-13-29-25(32)16(2)30(14-19-20(27)9-6-10-21(19)28)23(31)15-33-22-12-11-17-7-4-5-8-18(17)24(22)26/h4-12,16H,3,13-15H2,1-2H3,(H,29,32)/t16-/m0/s1. The second-order valence-electron chi connectivity index (χ2n) is 7.58. The molecule has 33 heavy (non-hydrogen) atoms. The van der Waals surface area contributed by atoms with Crippen LogP contribution >= 0.6 is 39.1 Å².